The SMILES string of the molecule is CC(C)(c1nc(-c2ccccc2)c(C(=O)S)s1)c1c(Cl)cc(-n2ncc(=O)[nH]c2=O)cc1Cl. The molecule has 11 heteroatoms. The molecule has 7 nitrogen and oxygen atoms in total. The van der Waals surface area contributed by atoms with Crippen LogP contribution >= 0.6 is 47.2 Å². The molecule has 0 aliphatic heterocycles. The summed E-state index contributed by atoms with van der Waals surface area (Å²) < 4.78 is 0.991. The molecule has 33 heavy (non-hydrogen) atoms. The lowest BCUT2D eigenvalue weighted by Gasteiger charge is -2.25. The summed E-state index contributed by atoms with van der Waals surface area (Å²) >= 11 is 18.5. The van der Waals surface area contributed by atoms with Crippen molar-refractivity contribution in [3.05, 3.63) is 95.0 Å². The normalized spacial score (nSPS) is 11.5. The third-order valence-electron chi connectivity index (χ3n) is 5.01. The van der Waals surface area contributed by atoms with Gasteiger partial charge in [-0.1, -0.05) is 66.2 Å². The lowest BCUT2D eigenvalue weighted by molar-refractivity contribution is 0.109. The molecule has 0 saturated heterocycles. The van der Waals surface area contributed by atoms with E-state index in [9.17, 15) is 14.4 Å². The van der Waals surface area contributed by atoms with Crippen molar-refractivity contribution in [2.24, 2.45) is 0 Å². The average molecular weight is 519 g/mol. The highest BCUT2D eigenvalue weighted by Crippen LogP contribution is 2.44. The highest BCUT2D eigenvalue weighted by atomic mass is 35.5. The van der Waals surface area contributed by atoms with E-state index in [1.165, 1.54) is 23.5 Å². The van der Waals surface area contributed by atoms with Gasteiger partial charge in [0.1, 0.15) is 16.1 Å². The maximum atomic E-state index is 12.2. The van der Waals surface area contributed by atoms with E-state index < -0.39 is 16.7 Å². The highest BCUT2D eigenvalue weighted by Gasteiger charge is 2.34. The smallest absolute Gasteiger partial charge is 0.281 e. The Bertz CT molecular complexity index is 1470. The van der Waals surface area contributed by atoms with Crippen LogP contribution in [-0.2, 0) is 5.41 Å². The van der Waals surface area contributed by atoms with Gasteiger partial charge in [0, 0.05) is 26.6 Å². The molecule has 4 rings (SSSR count). The Balaban J connectivity index is 1.85. The van der Waals surface area contributed by atoms with Gasteiger partial charge in [0.15, 0.2) is 0 Å². The molecule has 0 saturated carbocycles. The van der Waals surface area contributed by atoms with E-state index in [1.54, 1.807) is 0 Å². The fourth-order valence-electron chi connectivity index (χ4n) is 3.45. The molecule has 0 bridgehead atoms. The maximum absolute atomic E-state index is 12.2. The number of thiol groups is 1. The summed E-state index contributed by atoms with van der Waals surface area (Å²) in [6, 6.07) is 12.4. The minimum atomic E-state index is -0.786. The lowest BCUT2D eigenvalue weighted by Crippen LogP contribution is -2.30. The number of hydrogen-bond acceptors (Lipinski definition) is 6. The monoisotopic (exact) mass is 518 g/mol. The molecule has 168 valence electrons. The van der Waals surface area contributed by atoms with E-state index in [-0.39, 0.29) is 15.2 Å². The van der Waals surface area contributed by atoms with Gasteiger partial charge in [-0.2, -0.15) is 9.78 Å². The number of carbonyl (C=O) groups is 1. The van der Waals surface area contributed by atoms with E-state index in [0.717, 1.165) is 16.4 Å². The van der Waals surface area contributed by atoms with Crippen LogP contribution in [0.2, 0.25) is 10.0 Å². The molecule has 4 aromatic rings. The zero-order valence-corrected chi connectivity index (χ0v) is 20.5. The van der Waals surface area contributed by atoms with Crippen LogP contribution in [0.1, 0.15) is 34.1 Å². The summed E-state index contributed by atoms with van der Waals surface area (Å²) in [5, 5.41) is 4.62. The number of H-pyrrole nitrogens is 1. The third kappa shape index (κ3) is 4.41. The highest BCUT2D eigenvalue weighted by molar-refractivity contribution is 7.97. The van der Waals surface area contributed by atoms with E-state index in [0.29, 0.717) is 26.8 Å². The standard InChI is InChI=1S/C22H16Cl2N4O3S2/c1-22(2,20-27-17(18(33-20)19(30)32)11-6-4-3-5-7-11)16-13(23)8-12(9-14(16)24)28-21(31)26-15(29)10-25-28/h3-10H,1-2H3,(H,30,32)(H,26,29,31). The van der Waals surface area contributed by atoms with Gasteiger partial charge in [-0.3, -0.25) is 14.6 Å². The zero-order valence-electron chi connectivity index (χ0n) is 17.3. The number of aromatic nitrogens is 4. The first-order chi connectivity index (χ1) is 15.6. The van der Waals surface area contributed by atoms with Crippen LogP contribution in [0.15, 0.2) is 58.3 Å². The van der Waals surface area contributed by atoms with Crippen molar-refractivity contribution in [3.63, 3.8) is 0 Å². The Morgan fingerprint density at radius 2 is 1.76 bits per heavy atom. The van der Waals surface area contributed by atoms with Crippen molar-refractivity contribution < 1.29 is 4.79 Å². The molecule has 0 aliphatic rings. The molecule has 0 atom stereocenters. The van der Waals surface area contributed by atoms with Crippen LogP contribution < -0.4 is 11.2 Å². The third-order valence-corrected chi connectivity index (χ3v) is 7.36. The first kappa shape index (κ1) is 23.4. The van der Waals surface area contributed by atoms with Crippen LogP contribution in [-0.4, -0.2) is 24.9 Å². The van der Waals surface area contributed by atoms with Gasteiger partial charge in [-0.15, -0.1) is 11.3 Å². The van der Waals surface area contributed by atoms with Crippen LogP contribution in [0, 0.1) is 0 Å². The van der Waals surface area contributed by atoms with Gasteiger partial charge in [0.05, 0.1) is 11.4 Å². The Morgan fingerprint density at radius 3 is 2.33 bits per heavy atom. The molecule has 0 amide bonds. The summed E-state index contributed by atoms with van der Waals surface area (Å²) in [4.78, 5) is 43.0. The van der Waals surface area contributed by atoms with Crippen LogP contribution in [0.4, 0.5) is 0 Å². The lowest BCUT2D eigenvalue weighted by atomic mass is 9.85. The minimum Gasteiger partial charge on any atom is -0.281 e. The first-order valence-electron chi connectivity index (χ1n) is 9.58. The van der Waals surface area contributed by atoms with Crippen molar-refractivity contribution in [1.82, 2.24) is 19.7 Å². The van der Waals surface area contributed by atoms with Gasteiger partial charge in [-0.05, 0) is 26.0 Å². The van der Waals surface area contributed by atoms with E-state index in [1.807, 2.05) is 44.2 Å². The number of hydrogen-bond donors (Lipinski definition) is 2. The van der Waals surface area contributed by atoms with Gasteiger partial charge in [0.25, 0.3) is 5.56 Å². The second-order valence-electron chi connectivity index (χ2n) is 7.63. The van der Waals surface area contributed by atoms with E-state index in [4.69, 9.17) is 28.2 Å². The molecule has 0 unspecified atom stereocenters. The molecular weight excluding hydrogens is 503 g/mol. The number of nitrogens with one attached hydrogen (secondary N) is 1. The summed E-state index contributed by atoms with van der Waals surface area (Å²) in [5.41, 5.74) is 0.0800. The molecule has 0 spiro atoms. The molecule has 2 aromatic heterocycles. The first-order valence-corrected chi connectivity index (χ1v) is 11.6. The number of thiazole rings is 1. The number of aromatic amines is 1. The molecule has 2 heterocycles. The van der Waals surface area contributed by atoms with Gasteiger partial charge in [0.2, 0.25) is 5.12 Å². The topological polar surface area (TPSA) is 97.7 Å². The van der Waals surface area contributed by atoms with Crippen LogP contribution in [0.5, 0.6) is 0 Å². The van der Waals surface area contributed by atoms with Crippen LogP contribution in [0.25, 0.3) is 16.9 Å². The second-order valence-corrected chi connectivity index (χ2v) is 9.85. The quantitative estimate of drug-likeness (QED) is 0.371. The van der Waals surface area contributed by atoms with Crippen molar-refractivity contribution in [2.75, 3.05) is 0 Å². The van der Waals surface area contributed by atoms with Crippen molar-refractivity contribution in [3.8, 4) is 16.9 Å². The fourth-order valence-corrected chi connectivity index (χ4v) is 5.67. The Labute approximate surface area is 207 Å². The molecule has 2 aromatic carbocycles. The number of halogens is 2. The van der Waals surface area contributed by atoms with E-state index in [2.05, 4.69) is 22.7 Å². The van der Waals surface area contributed by atoms with Gasteiger partial charge < -0.3 is 0 Å². The summed E-state index contributed by atoms with van der Waals surface area (Å²) in [5.74, 6) is 0. The molecule has 0 aliphatic carbocycles. The Kier molecular flexibility index (Phi) is 6.32. The van der Waals surface area contributed by atoms with Crippen LogP contribution in [0.3, 0.4) is 0 Å². The molecule has 1 N–H and O–H groups in total. The average Bonchev–Trinajstić information content (AvgIpc) is 3.20. The van der Waals surface area contributed by atoms with E-state index >= 15 is 0 Å². The number of carbonyl (C=O) groups excluding carboxylic acids is 1. The minimum absolute atomic E-state index is 0.276. The summed E-state index contributed by atoms with van der Waals surface area (Å²) in [7, 11) is 0. The fraction of sp³-hybridized carbons (Fsp3) is 0.136. The number of benzene rings is 2. The summed E-state index contributed by atoms with van der Waals surface area (Å²) in [6.45, 7) is 3.79. The predicted octanol–water partition coefficient (Wildman–Crippen LogP) is 4.75. The largest absolute Gasteiger partial charge is 0.349 e. The second kappa shape index (κ2) is 8.90. The number of rotatable bonds is 5. The van der Waals surface area contributed by atoms with Gasteiger partial charge in [-0.25, -0.2) is 9.78 Å². The number of nitrogens with zero attached hydrogens (tertiary/aromatic N) is 3. The summed E-state index contributed by atoms with van der Waals surface area (Å²) in [6.07, 6.45) is 0.984. The predicted molar refractivity (Wildman–Crippen MR) is 133 cm³/mol. The van der Waals surface area contributed by atoms with Crippen molar-refractivity contribution >= 4 is 52.3 Å². The molecule has 0 radical (unpaired) electrons. The molecule has 0 fully saturated rings. The Morgan fingerprint density at radius 1 is 1.12 bits per heavy atom. The van der Waals surface area contributed by atoms with Crippen molar-refractivity contribution in [2.45, 2.75) is 19.3 Å². The Hall–Kier alpha value is -2.72. The zero-order chi connectivity index (χ0) is 23.9. The van der Waals surface area contributed by atoms with Crippen molar-refractivity contribution in [1.29, 1.82) is 0 Å². The molecular formula is C22H16Cl2N4O3S2. The maximum Gasteiger partial charge on any atom is 0.349 e. The van der Waals surface area contributed by atoms with Gasteiger partial charge >= 0.3 is 5.69 Å².